The van der Waals surface area contributed by atoms with Gasteiger partial charge in [-0.05, 0) is 53.9 Å². The molecule has 2 aromatic carbocycles. The molecular weight excluding hydrogens is 377 g/mol. The maximum Gasteiger partial charge on any atom is 0.293 e. The molecule has 1 fully saturated rings. The molecule has 3 nitrogen and oxygen atoms in total. The van der Waals surface area contributed by atoms with Crippen molar-refractivity contribution in [3.63, 3.8) is 0 Å². The van der Waals surface area contributed by atoms with Crippen LogP contribution in [0.2, 0.25) is 10.0 Å². The van der Waals surface area contributed by atoms with E-state index in [-0.39, 0.29) is 11.1 Å². The minimum atomic E-state index is -0.269. The second kappa shape index (κ2) is 8.09. The van der Waals surface area contributed by atoms with Gasteiger partial charge in [0.25, 0.3) is 11.1 Å². The van der Waals surface area contributed by atoms with Crippen LogP contribution in [0.1, 0.15) is 17.5 Å². The maximum atomic E-state index is 12.5. The fourth-order valence-corrected chi connectivity index (χ4v) is 3.86. The van der Waals surface area contributed by atoms with Crippen molar-refractivity contribution in [1.82, 2.24) is 4.90 Å². The molecule has 0 aliphatic carbocycles. The topological polar surface area (TPSA) is 37.4 Å². The Morgan fingerprint density at radius 3 is 2.52 bits per heavy atom. The van der Waals surface area contributed by atoms with Gasteiger partial charge >= 0.3 is 0 Å². The summed E-state index contributed by atoms with van der Waals surface area (Å²) < 4.78 is 0. The number of hydrogen-bond acceptors (Lipinski definition) is 3. The van der Waals surface area contributed by atoms with Crippen LogP contribution < -0.4 is 0 Å². The van der Waals surface area contributed by atoms with Gasteiger partial charge in [0, 0.05) is 16.6 Å². The second-order valence-electron chi connectivity index (χ2n) is 5.59. The average molecular weight is 392 g/mol. The van der Waals surface area contributed by atoms with E-state index in [1.165, 1.54) is 10.5 Å². The summed E-state index contributed by atoms with van der Waals surface area (Å²) in [5.74, 6) is -0.269. The molecule has 0 atom stereocenters. The first-order valence-corrected chi connectivity index (χ1v) is 9.36. The highest BCUT2D eigenvalue weighted by Crippen LogP contribution is 2.34. The van der Waals surface area contributed by atoms with Crippen LogP contribution in [0.15, 0.2) is 53.4 Å². The van der Waals surface area contributed by atoms with Gasteiger partial charge in [-0.2, -0.15) is 0 Å². The summed E-state index contributed by atoms with van der Waals surface area (Å²) in [6, 6.07) is 15.0. The van der Waals surface area contributed by atoms with Gasteiger partial charge < -0.3 is 0 Å². The number of aryl methyl sites for hydroxylation is 1. The largest absolute Gasteiger partial charge is 0.293 e. The van der Waals surface area contributed by atoms with Crippen molar-refractivity contribution in [2.45, 2.75) is 12.8 Å². The van der Waals surface area contributed by atoms with E-state index in [0.717, 1.165) is 24.6 Å². The Bertz CT molecular complexity index is 837. The molecule has 6 heteroatoms. The first-order chi connectivity index (χ1) is 12.0. The molecule has 0 spiro atoms. The highest BCUT2D eigenvalue weighted by atomic mass is 35.5. The fourth-order valence-electron chi connectivity index (χ4n) is 2.54. The minimum Gasteiger partial charge on any atom is -0.268 e. The van der Waals surface area contributed by atoms with Crippen molar-refractivity contribution in [3.05, 3.63) is 74.6 Å². The Hall–Kier alpha value is -1.75. The normalized spacial score (nSPS) is 16.1. The zero-order valence-electron chi connectivity index (χ0n) is 13.2. The molecular formula is C19H15Cl2NO2S. The molecule has 0 radical (unpaired) electrons. The van der Waals surface area contributed by atoms with Gasteiger partial charge in [-0.1, -0.05) is 59.6 Å². The maximum absolute atomic E-state index is 12.5. The van der Waals surface area contributed by atoms with Gasteiger partial charge in [0.1, 0.15) is 0 Å². The Labute approximate surface area is 160 Å². The van der Waals surface area contributed by atoms with E-state index in [1.54, 1.807) is 24.3 Å². The molecule has 1 heterocycles. The number of thioether (sulfide) groups is 1. The molecule has 0 unspecified atom stereocenters. The molecule has 0 N–H and O–H groups in total. The van der Waals surface area contributed by atoms with Gasteiger partial charge in [0.2, 0.25) is 0 Å². The van der Waals surface area contributed by atoms with Crippen LogP contribution >= 0.6 is 35.0 Å². The van der Waals surface area contributed by atoms with Crippen LogP contribution in [0.3, 0.4) is 0 Å². The molecule has 1 saturated heterocycles. The van der Waals surface area contributed by atoms with Crippen LogP contribution in [0, 0.1) is 0 Å². The highest BCUT2D eigenvalue weighted by molar-refractivity contribution is 8.18. The standard InChI is InChI=1S/C19H15Cl2NO2S/c20-15-9-8-14(16(21)12-15)11-17-18(23)22(19(24)25-17)10-4-7-13-5-2-1-3-6-13/h1-3,5-6,8-9,11-12H,4,7,10H2/b17-11+. The number of imide groups is 1. The Kier molecular flexibility index (Phi) is 5.84. The summed E-state index contributed by atoms with van der Waals surface area (Å²) in [5.41, 5.74) is 1.86. The van der Waals surface area contributed by atoms with Crippen LogP contribution in [0.5, 0.6) is 0 Å². The number of halogens is 2. The lowest BCUT2D eigenvalue weighted by Crippen LogP contribution is -2.29. The van der Waals surface area contributed by atoms with Crippen LogP contribution in [-0.4, -0.2) is 22.6 Å². The number of amides is 2. The Morgan fingerprint density at radius 2 is 1.80 bits per heavy atom. The zero-order valence-corrected chi connectivity index (χ0v) is 15.6. The lowest BCUT2D eigenvalue weighted by atomic mass is 10.1. The number of benzene rings is 2. The summed E-state index contributed by atoms with van der Waals surface area (Å²) in [7, 11) is 0. The summed E-state index contributed by atoms with van der Waals surface area (Å²) in [5, 5.41) is 0.731. The third-order valence-electron chi connectivity index (χ3n) is 3.81. The number of carbonyl (C=O) groups excluding carboxylic acids is 2. The van der Waals surface area contributed by atoms with Gasteiger partial charge in [-0.3, -0.25) is 14.5 Å². The van der Waals surface area contributed by atoms with E-state index in [2.05, 4.69) is 0 Å². The van der Waals surface area contributed by atoms with Crippen molar-refractivity contribution in [3.8, 4) is 0 Å². The number of rotatable bonds is 5. The average Bonchev–Trinajstić information content (AvgIpc) is 2.86. The Morgan fingerprint density at radius 1 is 1.04 bits per heavy atom. The second-order valence-corrected chi connectivity index (χ2v) is 7.43. The molecule has 1 aliphatic heterocycles. The number of hydrogen-bond donors (Lipinski definition) is 0. The van der Waals surface area contributed by atoms with Gasteiger partial charge in [0.15, 0.2) is 0 Å². The predicted molar refractivity (Wildman–Crippen MR) is 104 cm³/mol. The molecule has 0 bridgehead atoms. The number of carbonyl (C=O) groups is 2. The van der Waals surface area contributed by atoms with Crippen molar-refractivity contribution in [2.24, 2.45) is 0 Å². The molecule has 2 aromatic rings. The highest BCUT2D eigenvalue weighted by Gasteiger charge is 2.34. The number of nitrogens with zero attached hydrogens (tertiary/aromatic N) is 1. The molecule has 128 valence electrons. The third-order valence-corrected chi connectivity index (χ3v) is 5.28. The van der Waals surface area contributed by atoms with Gasteiger partial charge in [0.05, 0.1) is 4.91 Å². The fraction of sp³-hybridized carbons (Fsp3) is 0.158. The predicted octanol–water partition coefficient (Wildman–Crippen LogP) is 5.66. The van der Waals surface area contributed by atoms with E-state index in [9.17, 15) is 9.59 Å². The van der Waals surface area contributed by atoms with E-state index in [0.29, 0.717) is 27.1 Å². The summed E-state index contributed by atoms with van der Waals surface area (Å²) in [6.45, 7) is 0.408. The van der Waals surface area contributed by atoms with E-state index < -0.39 is 0 Å². The van der Waals surface area contributed by atoms with E-state index >= 15 is 0 Å². The smallest absolute Gasteiger partial charge is 0.268 e. The molecule has 25 heavy (non-hydrogen) atoms. The van der Waals surface area contributed by atoms with E-state index in [1.807, 2.05) is 30.3 Å². The SMILES string of the molecule is O=C1S/C(=C/c2ccc(Cl)cc2Cl)C(=O)N1CCCc1ccccc1. The molecule has 3 rings (SSSR count). The lowest BCUT2D eigenvalue weighted by molar-refractivity contribution is -0.122. The van der Waals surface area contributed by atoms with Crippen molar-refractivity contribution < 1.29 is 9.59 Å². The monoisotopic (exact) mass is 391 g/mol. The van der Waals surface area contributed by atoms with Crippen LogP contribution in [-0.2, 0) is 11.2 Å². The van der Waals surface area contributed by atoms with Crippen LogP contribution in [0.25, 0.3) is 6.08 Å². The van der Waals surface area contributed by atoms with Crippen molar-refractivity contribution >= 4 is 52.2 Å². The van der Waals surface area contributed by atoms with Crippen molar-refractivity contribution in [1.29, 1.82) is 0 Å². The van der Waals surface area contributed by atoms with E-state index in [4.69, 9.17) is 23.2 Å². The van der Waals surface area contributed by atoms with Gasteiger partial charge in [-0.25, -0.2) is 0 Å². The molecule has 0 aromatic heterocycles. The molecule has 2 amide bonds. The molecule has 0 saturated carbocycles. The van der Waals surface area contributed by atoms with Crippen LogP contribution in [0.4, 0.5) is 4.79 Å². The quantitative estimate of drug-likeness (QED) is 0.616. The Balaban J connectivity index is 1.66. The first kappa shape index (κ1) is 18.1. The summed E-state index contributed by atoms with van der Waals surface area (Å²) >= 11 is 13.0. The lowest BCUT2D eigenvalue weighted by Gasteiger charge is -2.12. The summed E-state index contributed by atoms with van der Waals surface area (Å²) in [6.07, 6.45) is 3.20. The summed E-state index contributed by atoms with van der Waals surface area (Å²) in [4.78, 5) is 26.3. The zero-order chi connectivity index (χ0) is 17.8. The van der Waals surface area contributed by atoms with Crippen molar-refractivity contribution in [2.75, 3.05) is 6.54 Å². The minimum absolute atomic E-state index is 0.241. The third kappa shape index (κ3) is 4.46. The molecule has 1 aliphatic rings. The van der Waals surface area contributed by atoms with Gasteiger partial charge in [-0.15, -0.1) is 0 Å². The first-order valence-electron chi connectivity index (χ1n) is 7.79.